The van der Waals surface area contributed by atoms with E-state index < -0.39 is 5.54 Å². The van der Waals surface area contributed by atoms with E-state index >= 15 is 0 Å². The van der Waals surface area contributed by atoms with Gasteiger partial charge < -0.3 is 10.1 Å². The van der Waals surface area contributed by atoms with Gasteiger partial charge in [0.1, 0.15) is 5.54 Å². The van der Waals surface area contributed by atoms with E-state index in [1.165, 1.54) is 6.42 Å². The number of nitrogens with one attached hydrogen (secondary N) is 1. The normalized spacial score (nSPS) is 32.5. The van der Waals surface area contributed by atoms with Crippen molar-refractivity contribution in [1.82, 2.24) is 10.2 Å². The monoisotopic (exact) mass is 296 g/mol. The van der Waals surface area contributed by atoms with Gasteiger partial charge >= 0.3 is 5.97 Å². The molecular weight excluding hydrogens is 264 g/mol. The molecule has 2 unspecified atom stereocenters. The Morgan fingerprint density at radius 3 is 2.62 bits per heavy atom. The van der Waals surface area contributed by atoms with Gasteiger partial charge in [-0.05, 0) is 37.1 Å². The zero-order valence-electron chi connectivity index (χ0n) is 14.2. The van der Waals surface area contributed by atoms with Gasteiger partial charge in [0.15, 0.2) is 0 Å². The van der Waals surface area contributed by atoms with Crippen LogP contribution in [0.1, 0.15) is 52.9 Å². The van der Waals surface area contributed by atoms with Crippen LogP contribution in [0, 0.1) is 11.3 Å². The quantitative estimate of drug-likeness (QED) is 0.795. The van der Waals surface area contributed by atoms with E-state index in [-0.39, 0.29) is 11.4 Å². The fourth-order valence-electron chi connectivity index (χ4n) is 4.48. The van der Waals surface area contributed by atoms with Gasteiger partial charge in [-0.25, -0.2) is 0 Å². The number of hydrogen-bond acceptors (Lipinski definition) is 4. The van der Waals surface area contributed by atoms with Crippen molar-refractivity contribution >= 4 is 5.97 Å². The number of ether oxygens (including phenoxy) is 1. The summed E-state index contributed by atoms with van der Waals surface area (Å²) in [6, 6.07) is 0. The van der Waals surface area contributed by atoms with Crippen LogP contribution in [0.4, 0.5) is 0 Å². The van der Waals surface area contributed by atoms with Crippen LogP contribution in [0.5, 0.6) is 0 Å². The first kappa shape index (κ1) is 16.8. The summed E-state index contributed by atoms with van der Waals surface area (Å²) in [4.78, 5) is 15.3. The Labute approximate surface area is 129 Å². The van der Waals surface area contributed by atoms with E-state index in [0.717, 1.165) is 51.9 Å². The maximum Gasteiger partial charge on any atom is 0.326 e. The molecule has 0 aromatic rings. The lowest BCUT2D eigenvalue weighted by Gasteiger charge is -2.53. The summed E-state index contributed by atoms with van der Waals surface area (Å²) in [6.07, 6.45) is 5.54. The first-order chi connectivity index (χ1) is 9.93. The lowest BCUT2D eigenvalue weighted by Crippen LogP contribution is -2.64. The van der Waals surface area contributed by atoms with Crippen LogP contribution >= 0.6 is 0 Å². The molecule has 0 radical (unpaired) electrons. The second-order valence-corrected chi connectivity index (χ2v) is 7.67. The summed E-state index contributed by atoms with van der Waals surface area (Å²) >= 11 is 0. The Balaban J connectivity index is 2.40. The van der Waals surface area contributed by atoms with Crippen molar-refractivity contribution in [3.05, 3.63) is 0 Å². The van der Waals surface area contributed by atoms with Crippen molar-refractivity contribution < 1.29 is 9.53 Å². The Hall–Kier alpha value is -0.610. The van der Waals surface area contributed by atoms with E-state index in [1.807, 2.05) is 0 Å². The molecule has 1 N–H and O–H groups in total. The van der Waals surface area contributed by atoms with Gasteiger partial charge in [-0.3, -0.25) is 9.69 Å². The van der Waals surface area contributed by atoms with E-state index in [1.54, 1.807) is 7.11 Å². The molecule has 1 saturated carbocycles. The molecule has 2 atom stereocenters. The summed E-state index contributed by atoms with van der Waals surface area (Å²) in [5, 5.41) is 3.45. The van der Waals surface area contributed by atoms with Crippen molar-refractivity contribution in [2.45, 2.75) is 58.4 Å². The lowest BCUT2D eigenvalue weighted by molar-refractivity contribution is -0.168. The van der Waals surface area contributed by atoms with Gasteiger partial charge in [-0.1, -0.05) is 33.6 Å². The Bertz CT molecular complexity index is 356. The van der Waals surface area contributed by atoms with Gasteiger partial charge in [-0.2, -0.15) is 0 Å². The predicted octanol–water partition coefficient (Wildman–Crippen LogP) is 2.43. The number of esters is 1. The molecule has 1 aliphatic carbocycles. The molecule has 21 heavy (non-hydrogen) atoms. The van der Waals surface area contributed by atoms with Crippen LogP contribution in [-0.2, 0) is 9.53 Å². The molecule has 2 aliphatic rings. The fourth-order valence-corrected chi connectivity index (χ4v) is 4.48. The van der Waals surface area contributed by atoms with Gasteiger partial charge in [0, 0.05) is 19.6 Å². The van der Waals surface area contributed by atoms with Gasteiger partial charge in [-0.15, -0.1) is 0 Å². The van der Waals surface area contributed by atoms with Crippen molar-refractivity contribution in [2.75, 3.05) is 33.3 Å². The Morgan fingerprint density at radius 1 is 1.19 bits per heavy atom. The standard InChI is InChI=1S/C17H32N2O2/c1-16(2,3)14-8-5-6-9-17(14,15(20)21-4)19-12-7-10-18-11-13-19/h14,18H,5-13H2,1-4H3. The Kier molecular flexibility index (Phi) is 5.31. The molecule has 4 nitrogen and oxygen atoms in total. The van der Waals surface area contributed by atoms with Gasteiger partial charge in [0.05, 0.1) is 7.11 Å². The minimum Gasteiger partial charge on any atom is -0.468 e. The number of rotatable bonds is 2. The number of hydrogen-bond donors (Lipinski definition) is 1. The summed E-state index contributed by atoms with van der Waals surface area (Å²) in [6.45, 7) is 10.8. The first-order valence-electron chi connectivity index (χ1n) is 8.47. The number of nitrogens with zero attached hydrogens (tertiary/aromatic N) is 1. The smallest absolute Gasteiger partial charge is 0.326 e. The highest BCUT2D eigenvalue weighted by molar-refractivity contribution is 5.81. The Morgan fingerprint density at radius 2 is 1.95 bits per heavy atom. The van der Waals surface area contributed by atoms with Crippen LogP contribution in [0.3, 0.4) is 0 Å². The molecule has 0 aromatic heterocycles. The third-order valence-corrected chi connectivity index (χ3v) is 5.37. The third-order valence-electron chi connectivity index (χ3n) is 5.37. The van der Waals surface area contributed by atoms with E-state index in [0.29, 0.717) is 5.92 Å². The van der Waals surface area contributed by atoms with Crippen molar-refractivity contribution in [1.29, 1.82) is 0 Å². The first-order valence-corrected chi connectivity index (χ1v) is 8.47. The predicted molar refractivity (Wildman–Crippen MR) is 85.2 cm³/mol. The molecular formula is C17H32N2O2. The second kappa shape index (κ2) is 6.66. The number of carbonyl (C=O) groups excluding carboxylic acids is 1. The second-order valence-electron chi connectivity index (χ2n) is 7.67. The van der Waals surface area contributed by atoms with Crippen LogP contribution in [-0.4, -0.2) is 49.7 Å². The van der Waals surface area contributed by atoms with Crippen molar-refractivity contribution in [2.24, 2.45) is 11.3 Å². The molecule has 2 fully saturated rings. The van der Waals surface area contributed by atoms with Crippen LogP contribution in [0.15, 0.2) is 0 Å². The highest BCUT2D eigenvalue weighted by Gasteiger charge is 2.55. The maximum atomic E-state index is 12.9. The minimum atomic E-state index is -0.419. The molecule has 0 spiro atoms. The summed E-state index contributed by atoms with van der Waals surface area (Å²) in [7, 11) is 1.55. The minimum absolute atomic E-state index is 0.0102. The highest BCUT2D eigenvalue weighted by atomic mass is 16.5. The van der Waals surface area contributed by atoms with E-state index in [9.17, 15) is 4.79 Å². The van der Waals surface area contributed by atoms with Crippen LogP contribution in [0.25, 0.3) is 0 Å². The molecule has 4 heteroatoms. The maximum absolute atomic E-state index is 12.9. The molecule has 0 amide bonds. The molecule has 2 rings (SSSR count). The largest absolute Gasteiger partial charge is 0.468 e. The van der Waals surface area contributed by atoms with Crippen LogP contribution in [0.2, 0.25) is 0 Å². The molecule has 1 heterocycles. The molecule has 1 saturated heterocycles. The summed E-state index contributed by atoms with van der Waals surface area (Å²) in [5.41, 5.74) is -0.300. The SMILES string of the molecule is COC(=O)C1(N2CCCNCC2)CCCCC1C(C)(C)C. The zero-order chi connectivity index (χ0) is 15.5. The van der Waals surface area contributed by atoms with Crippen molar-refractivity contribution in [3.63, 3.8) is 0 Å². The number of methoxy groups -OCH3 is 1. The molecule has 0 bridgehead atoms. The zero-order valence-corrected chi connectivity index (χ0v) is 14.2. The van der Waals surface area contributed by atoms with Gasteiger partial charge in [0.25, 0.3) is 0 Å². The number of carbonyl (C=O) groups is 1. The van der Waals surface area contributed by atoms with Gasteiger partial charge in [0.2, 0.25) is 0 Å². The topological polar surface area (TPSA) is 41.6 Å². The van der Waals surface area contributed by atoms with Crippen molar-refractivity contribution in [3.8, 4) is 0 Å². The van der Waals surface area contributed by atoms with Crippen LogP contribution < -0.4 is 5.32 Å². The average Bonchev–Trinajstić information content (AvgIpc) is 2.74. The summed E-state index contributed by atoms with van der Waals surface area (Å²) < 4.78 is 5.31. The highest BCUT2D eigenvalue weighted by Crippen LogP contribution is 2.48. The average molecular weight is 296 g/mol. The van der Waals surface area contributed by atoms with E-state index in [2.05, 4.69) is 31.0 Å². The molecule has 122 valence electrons. The third kappa shape index (κ3) is 3.26. The van der Waals surface area contributed by atoms with E-state index in [4.69, 9.17) is 4.74 Å². The molecule has 0 aromatic carbocycles. The lowest BCUT2D eigenvalue weighted by atomic mass is 9.61. The molecule has 1 aliphatic heterocycles. The summed E-state index contributed by atoms with van der Waals surface area (Å²) in [5.74, 6) is 0.355. The fraction of sp³-hybridized carbons (Fsp3) is 0.941.